The van der Waals surface area contributed by atoms with Crippen molar-refractivity contribution in [3.63, 3.8) is 0 Å². The Morgan fingerprint density at radius 2 is 2.12 bits per heavy atom. The first-order valence-corrected chi connectivity index (χ1v) is 5.88. The van der Waals surface area contributed by atoms with Crippen LogP contribution in [0.1, 0.15) is 12.5 Å². The maximum atomic E-state index is 8.53. The van der Waals surface area contributed by atoms with Gasteiger partial charge in [0.05, 0.1) is 10.7 Å². The maximum absolute atomic E-state index is 8.53. The number of amidine groups is 1. The highest BCUT2D eigenvalue weighted by molar-refractivity contribution is 6.35. The van der Waals surface area contributed by atoms with Crippen molar-refractivity contribution in [3.05, 3.63) is 27.7 Å². The standard InChI is InChI=1S/C11H15Cl2N3O/c1-6-3-9(13)10(4-8(6)12)15-5-7(2)11(14)16-17/h3-4,7,15,17H,5H2,1-2H3,(H2,14,16). The summed E-state index contributed by atoms with van der Waals surface area (Å²) in [5.41, 5.74) is 7.13. The molecular formula is C11H15Cl2N3O. The van der Waals surface area contributed by atoms with E-state index in [1.54, 1.807) is 12.1 Å². The molecule has 0 fully saturated rings. The number of hydrogen-bond acceptors (Lipinski definition) is 3. The van der Waals surface area contributed by atoms with Crippen LogP contribution in [-0.2, 0) is 0 Å². The van der Waals surface area contributed by atoms with E-state index in [0.717, 1.165) is 11.3 Å². The molecule has 1 aromatic carbocycles. The minimum Gasteiger partial charge on any atom is -0.409 e. The second-order valence-electron chi connectivity index (χ2n) is 3.89. The average molecular weight is 276 g/mol. The molecular weight excluding hydrogens is 261 g/mol. The minimum absolute atomic E-state index is 0.101. The number of nitrogens with one attached hydrogen (secondary N) is 1. The molecule has 4 N–H and O–H groups in total. The number of anilines is 1. The Bertz CT molecular complexity index is 435. The molecule has 1 atom stereocenters. The smallest absolute Gasteiger partial charge is 0.143 e. The fourth-order valence-electron chi connectivity index (χ4n) is 1.25. The van der Waals surface area contributed by atoms with Crippen LogP contribution in [0, 0.1) is 12.8 Å². The number of nitrogens with two attached hydrogens (primary N) is 1. The van der Waals surface area contributed by atoms with Gasteiger partial charge < -0.3 is 16.3 Å². The molecule has 1 rings (SSSR count). The molecule has 0 aliphatic carbocycles. The Kier molecular flexibility index (Phi) is 4.90. The molecule has 1 unspecified atom stereocenters. The average Bonchev–Trinajstić information content (AvgIpc) is 2.30. The van der Waals surface area contributed by atoms with Gasteiger partial charge in [-0.1, -0.05) is 35.3 Å². The molecule has 0 radical (unpaired) electrons. The molecule has 0 bridgehead atoms. The largest absolute Gasteiger partial charge is 0.409 e. The molecule has 4 nitrogen and oxygen atoms in total. The summed E-state index contributed by atoms with van der Waals surface area (Å²) in [6.45, 7) is 4.23. The number of aryl methyl sites for hydroxylation is 1. The minimum atomic E-state index is -0.101. The van der Waals surface area contributed by atoms with Gasteiger partial charge in [0.25, 0.3) is 0 Å². The molecule has 0 aromatic heterocycles. The molecule has 94 valence electrons. The Morgan fingerprint density at radius 1 is 1.47 bits per heavy atom. The highest BCUT2D eigenvalue weighted by atomic mass is 35.5. The highest BCUT2D eigenvalue weighted by Gasteiger charge is 2.09. The van der Waals surface area contributed by atoms with Gasteiger partial charge in [-0.2, -0.15) is 0 Å². The summed E-state index contributed by atoms with van der Waals surface area (Å²) in [6.07, 6.45) is 0. The number of nitrogens with zero attached hydrogens (tertiary/aromatic N) is 1. The van der Waals surface area contributed by atoms with Gasteiger partial charge in [-0.3, -0.25) is 0 Å². The van der Waals surface area contributed by atoms with E-state index < -0.39 is 0 Å². The summed E-state index contributed by atoms with van der Waals surface area (Å²) >= 11 is 12.1. The molecule has 0 saturated carbocycles. The van der Waals surface area contributed by atoms with Crippen LogP contribution in [0.5, 0.6) is 0 Å². The zero-order chi connectivity index (χ0) is 13.0. The van der Waals surface area contributed by atoms with Crippen molar-refractivity contribution in [2.24, 2.45) is 16.8 Å². The van der Waals surface area contributed by atoms with Crippen molar-refractivity contribution in [2.75, 3.05) is 11.9 Å². The Morgan fingerprint density at radius 3 is 2.71 bits per heavy atom. The van der Waals surface area contributed by atoms with Gasteiger partial charge in [0.1, 0.15) is 5.84 Å². The third-order valence-electron chi connectivity index (χ3n) is 2.47. The van der Waals surface area contributed by atoms with Gasteiger partial charge in [0.15, 0.2) is 0 Å². The van der Waals surface area contributed by atoms with E-state index in [1.165, 1.54) is 0 Å². The molecule has 0 spiro atoms. The first kappa shape index (κ1) is 13.9. The van der Waals surface area contributed by atoms with Crippen LogP contribution in [0.4, 0.5) is 5.69 Å². The number of oxime groups is 1. The van der Waals surface area contributed by atoms with E-state index in [9.17, 15) is 0 Å². The van der Waals surface area contributed by atoms with Crippen molar-refractivity contribution < 1.29 is 5.21 Å². The van der Waals surface area contributed by atoms with Crippen LogP contribution in [-0.4, -0.2) is 17.6 Å². The SMILES string of the molecule is Cc1cc(Cl)c(NCC(C)/C(N)=N/O)cc1Cl. The monoisotopic (exact) mass is 275 g/mol. The summed E-state index contributed by atoms with van der Waals surface area (Å²) in [4.78, 5) is 0. The van der Waals surface area contributed by atoms with Crippen LogP contribution in [0.25, 0.3) is 0 Å². The topological polar surface area (TPSA) is 70.6 Å². The normalized spacial score (nSPS) is 13.5. The number of benzene rings is 1. The van der Waals surface area contributed by atoms with Gasteiger partial charge in [0, 0.05) is 17.5 Å². The number of rotatable bonds is 4. The first-order chi connectivity index (χ1) is 7.95. The van der Waals surface area contributed by atoms with Gasteiger partial charge in [-0.25, -0.2) is 0 Å². The molecule has 0 heterocycles. The Labute approximate surface area is 110 Å². The van der Waals surface area contributed by atoms with E-state index in [2.05, 4.69) is 10.5 Å². The fraction of sp³-hybridized carbons (Fsp3) is 0.364. The van der Waals surface area contributed by atoms with Crippen molar-refractivity contribution in [3.8, 4) is 0 Å². The highest BCUT2D eigenvalue weighted by Crippen LogP contribution is 2.28. The number of hydrogen-bond donors (Lipinski definition) is 3. The summed E-state index contributed by atoms with van der Waals surface area (Å²) < 4.78 is 0. The van der Waals surface area contributed by atoms with Crippen LogP contribution in [0.15, 0.2) is 17.3 Å². The van der Waals surface area contributed by atoms with Gasteiger partial charge in [0.2, 0.25) is 0 Å². The molecule has 0 aliphatic heterocycles. The van der Waals surface area contributed by atoms with Crippen LogP contribution >= 0.6 is 23.2 Å². The summed E-state index contributed by atoms with van der Waals surface area (Å²) in [5, 5.41) is 15.8. The predicted octanol–water partition coefficient (Wildman–Crippen LogP) is 3.10. The van der Waals surface area contributed by atoms with Crippen LogP contribution in [0.2, 0.25) is 10.0 Å². The second kappa shape index (κ2) is 5.98. The molecule has 0 amide bonds. The lowest BCUT2D eigenvalue weighted by atomic mass is 10.1. The third-order valence-corrected chi connectivity index (χ3v) is 3.19. The van der Waals surface area contributed by atoms with E-state index in [0.29, 0.717) is 16.6 Å². The lowest BCUT2D eigenvalue weighted by Gasteiger charge is -2.14. The fourth-order valence-corrected chi connectivity index (χ4v) is 1.70. The molecule has 1 aromatic rings. The zero-order valence-electron chi connectivity index (χ0n) is 9.67. The van der Waals surface area contributed by atoms with Crippen molar-refractivity contribution in [1.29, 1.82) is 0 Å². The lowest BCUT2D eigenvalue weighted by Crippen LogP contribution is -2.27. The Hall–Kier alpha value is -1.13. The number of halogens is 2. The summed E-state index contributed by atoms with van der Waals surface area (Å²) in [7, 11) is 0. The predicted molar refractivity (Wildman–Crippen MR) is 72.3 cm³/mol. The quantitative estimate of drug-likeness (QED) is 0.342. The van der Waals surface area contributed by atoms with Crippen molar-refractivity contribution in [2.45, 2.75) is 13.8 Å². The van der Waals surface area contributed by atoms with E-state index in [1.807, 2.05) is 13.8 Å². The second-order valence-corrected chi connectivity index (χ2v) is 4.70. The van der Waals surface area contributed by atoms with E-state index in [-0.39, 0.29) is 11.8 Å². The van der Waals surface area contributed by atoms with Gasteiger partial charge in [-0.05, 0) is 24.6 Å². The first-order valence-electron chi connectivity index (χ1n) is 5.12. The zero-order valence-corrected chi connectivity index (χ0v) is 11.2. The van der Waals surface area contributed by atoms with Gasteiger partial charge >= 0.3 is 0 Å². The molecule has 17 heavy (non-hydrogen) atoms. The lowest BCUT2D eigenvalue weighted by molar-refractivity contribution is 0.315. The van der Waals surface area contributed by atoms with Gasteiger partial charge in [-0.15, -0.1) is 0 Å². The molecule has 0 saturated heterocycles. The van der Waals surface area contributed by atoms with Crippen LogP contribution < -0.4 is 11.1 Å². The summed E-state index contributed by atoms with van der Waals surface area (Å²) in [6, 6.07) is 3.55. The Balaban J connectivity index is 2.73. The van der Waals surface area contributed by atoms with Crippen molar-refractivity contribution in [1.82, 2.24) is 0 Å². The van der Waals surface area contributed by atoms with Crippen molar-refractivity contribution >= 4 is 34.7 Å². The third kappa shape index (κ3) is 3.68. The summed E-state index contributed by atoms with van der Waals surface area (Å²) in [5.74, 6) is 0.0722. The van der Waals surface area contributed by atoms with E-state index in [4.69, 9.17) is 34.1 Å². The van der Waals surface area contributed by atoms with Crippen LogP contribution in [0.3, 0.4) is 0 Å². The molecule has 6 heteroatoms. The molecule has 0 aliphatic rings. The van der Waals surface area contributed by atoms with E-state index >= 15 is 0 Å². The maximum Gasteiger partial charge on any atom is 0.143 e.